The first kappa shape index (κ1) is 15.6. The fourth-order valence-corrected chi connectivity index (χ4v) is 3.09. The second-order valence-electron chi connectivity index (χ2n) is 5.02. The molecule has 0 saturated carbocycles. The summed E-state index contributed by atoms with van der Waals surface area (Å²) in [6.45, 7) is 1.98. The summed E-state index contributed by atoms with van der Waals surface area (Å²) in [4.78, 5) is 16.9. The van der Waals surface area contributed by atoms with E-state index in [1.807, 2.05) is 31.2 Å². The van der Waals surface area contributed by atoms with Crippen molar-refractivity contribution in [2.45, 2.75) is 6.92 Å². The van der Waals surface area contributed by atoms with E-state index >= 15 is 0 Å². The summed E-state index contributed by atoms with van der Waals surface area (Å²) in [5.74, 6) is -0.180. The highest BCUT2D eigenvalue weighted by molar-refractivity contribution is 8.18. The number of carbonyl (C=O) groups is 1. The number of hydrogen-bond acceptors (Lipinski definition) is 4. The van der Waals surface area contributed by atoms with Gasteiger partial charge in [-0.05, 0) is 60.7 Å². The zero-order valence-corrected chi connectivity index (χ0v) is 13.8. The number of carbonyl (C=O) groups excluding carboxylic acids is 1. The molecule has 3 rings (SSSR count). The normalized spacial score (nSPS) is 17.7. The monoisotopic (exact) mass is 344 g/mol. The molecule has 1 amide bonds. The van der Waals surface area contributed by atoms with Gasteiger partial charge in [-0.3, -0.25) is 4.79 Å². The number of nitrogens with zero attached hydrogens (tertiary/aromatic N) is 1. The van der Waals surface area contributed by atoms with E-state index in [0.29, 0.717) is 20.7 Å². The van der Waals surface area contributed by atoms with Crippen molar-refractivity contribution in [1.29, 1.82) is 0 Å². The highest BCUT2D eigenvalue weighted by Gasteiger charge is 2.24. The standard InChI is InChI=1S/C17H13ClN2O2S/c1-10-3-2-4-13(7-10)19-17-20-16(22)15(23-17)9-11-8-12(18)5-6-14(11)21/h2-9,21H,1H3,(H,19,20,22)/b15-9+. The van der Waals surface area contributed by atoms with Crippen LogP contribution in [-0.2, 0) is 4.79 Å². The minimum Gasteiger partial charge on any atom is -0.507 e. The van der Waals surface area contributed by atoms with Gasteiger partial charge in [0.05, 0.1) is 10.6 Å². The number of phenols is 1. The Kier molecular flexibility index (Phi) is 4.41. The molecule has 23 heavy (non-hydrogen) atoms. The van der Waals surface area contributed by atoms with Crippen LogP contribution in [-0.4, -0.2) is 16.2 Å². The topological polar surface area (TPSA) is 61.7 Å². The fraction of sp³-hybridized carbons (Fsp3) is 0.0588. The molecule has 1 heterocycles. The number of nitrogens with one attached hydrogen (secondary N) is 1. The third kappa shape index (κ3) is 3.75. The van der Waals surface area contributed by atoms with E-state index in [9.17, 15) is 9.90 Å². The van der Waals surface area contributed by atoms with Gasteiger partial charge in [-0.15, -0.1) is 0 Å². The molecule has 4 nitrogen and oxygen atoms in total. The van der Waals surface area contributed by atoms with Crippen LogP contribution in [0, 0.1) is 6.92 Å². The molecule has 2 aromatic carbocycles. The van der Waals surface area contributed by atoms with Crippen molar-refractivity contribution in [1.82, 2.24) is 5.32 Å². The molecule has 0 aromatic heterocycles. The van der Waals surface area contributed by atoms with Gasteiger partial charge in [0.25, 0.3) is 5.91 Å². The number of amides is 1. The molecule has 2 N–H and O–H groups in total. The first-order valence-electron chi connectivity index (χ1n) is 6.86. The molecule has 6 heteroatoms. The van der Waals surface area contributed by atoms with Crippen molar-refractivity contribution in [3.63, 3.8) is 0 Å². The molecule has 1 fully saturated rings. The molecule has 116 valence electrons. The average molecular weight is 345 g/mol. The van der Waals surface area contributed by atoms with E-state index in [2.05, 4.69) is 10.3 Å². The summed E-state index contributed by atoms with van der Waals surface area (Å²) in [5, 5.41) is 13.6. The Bertz CT molecular complexity index is 846. The number of rotatable bonds is 2. The van der Waals surface area contributed by atoms with Gasteiger partial charge in [-0.25, -0.2) is 4.99 Å². The molecule has 1 aliphatic rings. The van der Waals surface area contributed by atoms with Gasteiger partial charge in [0.1, 0.15) is 5.75 Å². The molecular weight excluding hydrogens is 332 g/mol. The van der Waals surface area contributed by atoms with Crippen LogP contribution in [0.15, 0.2) is 52.4 Å². The number of aromatic hydroxyl groups is 1. The smallest absolute Gasteiger partial charge is 0.264 e. The number of hydrogen-bond donors (Lipinski definition) is 2. The molecule has 0 atom stereocenters. The van der Waals surface area contributed by atoms with Crippen molar-refractivity contribution in [3.8, 4) is 5.75 Å². The van der Waals surface area contributed by atoms with Gasteiger partial charge < -0.3 is 10.4 Å². The van der Waals surface area contributed by atoms with E-state index in [-0.39, 0.29) is 11.7 Å². The van der Waals surface area contributed by atoms with Crippen LogP contribution in [0.4, 0.5) is 5.69 Å². The summed E-state index contributed by atoms with van der Waals surface area (Å²) in [7, 11) is 0. The SMILES string of the molecule is Cc1cccc(N=C2NC(=O)/C(=C\c3cc(Cl)ccc3O)S2)c1. The maximum atomic E-state index is 12.0. The predicted octanol–water partition coefficient (Wildman–Crippen LogP) is 4.25. The van der Waals surface area contributed by atoms with E-state index in [0.717, 1.165) is 11.3 Å². The van der Waals surface area contributed by atoms with Gasteiger partial charge in [-0.2, -0.15) is 0 Å². The molecule has 0 spiro atoms. The van der Waals surface area contributed by atoms with Crippen LogP contribution in [0.25, 0.3) is 6.08 Å². The maximum Gasteiger partial charge on any atom is 0.264 e. The molecule has 1 aliphatic heterocycles. The number of aryl methyl sites for hydroxylation is 1. The zero-order chi connectivity index (χ0) is 16.4. The second kappa shape index (κ2) is 6.48. The van der Waals surface area contributed by atoms with Crippen molar-refractivity contribution in [3.05, 3.63) is 63.5 Å². The van der Waals surface area contributed by atoms with E-state index in [1.165, 1.54) is 17.8 Å². The quantitative estimate of drug-likeness (QED) is 0.801. The molecule has 2 aromatic rings. The van der Waals surface area contributed by atoms with Crippen LogP contribution in [0.3, 0.4) is 0 Å². The number of benzene rings is 2. The molecule has 1 saturated heterocycles. The summed E-state index contributed by atoms with van der Waals surface area (Å²) in [6, 6.07) is 12.4. The van der Waals surface area contributed by atoms with Gasteiger partial charge in [-0.1, -0.05) is 23.7 Å². The lowest BCUT2D eigenvalue weighted by Gasteiger charge is -2.00. The number of thioether (sulfide) groups is 1. The first-order valence-corrected chi connectivity index (χ1v) is 8.05. The van der Waals surface area contributed by atoms with Gasteiger partial charge in [0.15, 0.2) is 5.17 Å². The number of aliphatic imine (C=N–C) groups is 1. The van der Waals surface area contributed by atoms with Crippen molar-refractivity contribution in [2.75, 3.05) is 0 Å². The van der Waals surface area contributed by atoms with Crippen LogP contribution in [0.2, 0.25) is 5.02 Å². The van der Waals surface area contributed by atoms with Crippen molar-refractivity contribution < 1.29 is 9.90 Å². The van der Waals surface area contributed by atoms with Crippen LogP contribution in [0.1, 0.15) is 11.1 Å². The Morgan fingerprint density at radius 2 is 2.09 bits per heavy atom. The Balaban J connectivity index is 1.88. The molecule has 0 unspecified atom stereocenters. The maximum absolute atomic E-state index is 12.0. The van der Waals surface area contributed by atoms with E-state index in [1.54, 1.807) is 18.2 Å². The van der Waals surface area contributed by atoms with Crippen molar-refractivity contribution in [2.24, 2.45) is 4.99 Å². The van der Waals surface area contributed by atoms with Crippen LogP contribution >= 0.6 is 23.4 Å². The lowest BCUT2D eigenvalue weighted by atomic mass is 10.2. The Morgan fingerprint density at radius 1 is 1.26 bits per heavy atom. The summed E-state index contributed by atoms with van der Waals surface area (Å²) in [6.07, 6.45) is 1.60. The minimum atomic E-state index is -0.249. The minimum absolute atomic E-state index is 0.0689. The first-order chi connectivity index (χ1) is 11.0. The molecule has 0 aliphatic carbocycles. The number of amidine groups is 1. The largest absolute Gasteiger partial charge is 0.507 e. The average Bonchev–Trinajstić information content (AvgIpc) is 2.83. The predicted molar refractivity (Wildman–Crippen MR) is 95.1 cm³/mol. The molecule has 0 radical (unpaired) electrons. The Labute approximate surface area is 142 Å². The third-order valence-corrected chi connectivity index (χ3v) is 4.30. The van der Waals surface area contributed by atoms with Crippen LogP contribution in [0.5, 0.6) is 5.75 Å². The van der Waals surface area contributed by atoms with Crippen molar-refractivity contribution >= 4 is 46.2 Å². The highest BCUT2D eigenvalue weighted by Crippen LogP contribution is 2.31. The number of phenolic OH excluding ortho intramolecular Hbond substituents is 1. The zero-order valence-electron chi connectivity index (χ0n) is 12.2. The molecule has 0 bridgehead atoms. The Hall–Kier alpha value is -2.24. The summed E-state index contributed by atoms with van der Waals surface area (Å²) < 4.78 is 0. The molecular formula is C17H13ClN2O2S. The van der Waals surface area contributed by atoms with Gasteiger partial charge in [0, 0.05) is 10.6 Å². The van der Waals surface area contributed by atoms with Gasteiger partial charge >= 0.3 is 0 Å². The lowest BCUT2D eigenvalue weighted by molar-refractivity contribution is -0.115. The number of halogens is 1. The third-order valence-electron chi connectivity index (χ3n) is 3.16. The van der Waals surface area contributed by atoms with Gasteiger partial charge in [0.2, 0.25) is 0 Å². The highest BCUT2D eigenvalue weighted by atomic mass is 35.5. The summed E-state index contributed by atoms with van der Waals surface area (Å²) in [5.41, 5.74) is 2.37. The van der Waals surface area contributed by atoms with E-state index in [4.69, 9.17) is 11.6 Å². The lowest BCUT2D eigenvalue weighted by Crippen LogP contribution is -2.19. The second-order valence-corrected chi connectivity index (χ2v) is 6.49. The fourth-order valence-electron chi connectivity index (χ4n) is 2.08. The van der Waals surface area contributed by atoms with E-state index < -0.39 is 0 Å². The Morgan fingerprint density at radius 3 is 2.87 bits per heavy atom. The summed E-state index contributed by atoms with van der Waals surface area (Å²) >= 11 is 7.14. The van der Waals surface area contributed by atoms with Crippen LogP contribution < -0.4 is 5.32 Å².